The molecule has 0 aliphatic heterocycles. The number of aliphatic hydroxyl groups excluding tert-OH is 2. The normalized spacial score (nSPS) is 12.7. The Labute approximate surface area is 114 Å². The van der Waals surface area contributed by atoms with E-state index in [1.54, 1.807) is 6.08 Å². The third-order valence-corrected chi connectivity index (χ3v) is 2.98. The Hall–Kier alpha value is -1.17. The van der Waals surface area contributed by atoms with Crippen LogP contribution in [0.4, 0.5) is 0 Å². The molecule has 0 radical (unpaired) electrons. The maximum absolute atomic E-state index is 11.4. The van der Waals surface area contributed by atoms with E-state index < -0.39 is 6.10 Å². The molecule has 0 saturated carbocycles. The Morgan fingerprint density at radius 3 is 2.89 bits per heavy atom. The molecule has 1 rings (SSSR count). The average Bonchev–Trinajstić information content (AvgIpc) is 2.34. The summed E-state index contributed by atoms with van der Waals surface area (Å²) in [6, 6.07) is 5.83. The number of hydrogen-bond acceptors (Lipinski definition) is 3. The van der Waals surface area contributed by atoms with Gasteiger partial charge < -0.3 is 15.5 Å². The number of halogens is 1. The van der Waals surface area contributed by atoms with E-state index in [0.717, 1.165) is 15.6 Å². The first-order chi connectivity index (χ1) is 8.52. The quantitative estimate of drug-likeness (QED) is 0.716. The van der Waals surface area contributed by atoms with Gasteiger partial charge >= 0.3 is 0 Å². The first kappa shape index (κ1) is 14.9. The van der Waals surface area contributed by atoms with E-state index in [4.69, 9.17) is 10.2 Å². The predicted molar refractivity (Wildman–Crippen MR) is 74.0 cm³/mol. The van der Waals surface area contributed by atoms with Gasteiger partial charge in [0.1, 0.15) is 0 Å². The zero-order chi connectivity index (χ0) is 13.5. The van der Waals surface area contributed by atoms with E-state index in [1.165, 1.54) is 6.08 Å². The van der Waals surface area contributed by atoms with Crippen molar-refractivity contribution < 1.29 is 15.0 Å². The largest absolute Gasteiger partial charge is 0.394 e. The minimum absolute atomic E-state index is 0.0364. The fourth-order valence-electron chi connectivity index (χ4n) is 1.27. The molecule has 1 aromatic carbocycles. The van der Waals surface area contributed by atoms with E-state index in [0.29, 0.717) is 0 Å². The van der Waals surface area contributed by atoms with Crippen LogP contribution in [-0.2, 0) is 4.79 Å². The topological polar surface area (TPSA) is 69.6 Å². The first-order valence-corrected chi connectivity index (χ1v) is 6.33. The molecule has 0 aromatic heterocycles. The molecule has 0 spiro atoms. The molecule has 3 N–H and O–H groups in total. The lowest BCUT2D eigenvalue weighted by molar-refractivity contribution is -0.117. The second-order valence-electron chi connectivity index (χ2n) is 3.94. The fourth-order valence-corrected chi connectivity index (χ4v) is 1.90. The molecule has 0 aliphatic carbocycles. The second-order valence-corrected chi connectivity index (χ2v) is 4.79. The molecule has 0 saturated heterocycles. The molecule has 18 heavy (non-hydrogen) atoms. The summed E-state index contributed by atoms with van der Waals surface area (Å²) in [6.07, 6.45) is 2.15. The number of amides is 1. The van der Waals surface area contributed by atoms with Crippen molar-refractivity contribution in [2.45, 2.75) is 13.0 Å². The monoisotopic (exact) mass is 313 g/mol. The van der Waals surface area contributed by atoms with Crippen molar-refractivity contribution in [3.8, 4) is 0 Å². The second kappa shape index (κ2) is 7.31. The van der Waals surface area contributed by atoms with Crippen LogP contribution in [0.2, 0.25) is 0 Å². The number of carbonyl (C=O) groups is 1. The molecule has 0 heterocycles. The zero-order valence-electron chi connectivity index (χ0n) is 10.1. The van der Waals surface area contributed by atoms with Gasteiger partial charge in [0, 0.05) is 17.1 Å². The van der Waals surface area contributed by atoms with Gasteiger partial charge in [-0.3, -0.25) is 4.79 Å². The minimum Gasteiger partial charge on any atom is -0.394 e. The number of rotatable bonds is 5. The summed E-state index contributed by atoms with van der Waals surface area (Å²) in [5, 5.41) is 20.1. The third-order valence-electron chi connectivity index (χ3n) is 2.29. The van der Waals surface area contributed by atoms with Crippen molar-refractivity contribution >= 4 is 27.9 Å². The van der Waals surface area contributed by atoms with Gasteiger partial charge in [-0.2, -0.15) is 0 Å². The first-order valence-electron chi connectivity index (χ1n) is 5.54. The van der Waals surface area contributed by atoms with Gasteiger partial charge in [0.2, 0.25) is 5.91 Å². The van der Waals surface area contributed by atoms with Crippen molar-refractivity contribution in [3.63, 3.8) is 0 Å². The maximum Gasteiger partial charge on any atom is 0.244 e. The summed E-state index contributed by atoms with van der Waals surface area (Å²) >= 11 is 3.41. The van der Waals surface area contributed by atoms with Gasteiger partial charge in [-0.25, -0.2) is 0 Å². The lowest BCUT2D eigenvalue weighted by Crippen LogP contribution is -2.32. The SMILES string of the molecule is Cc1ccc(C=CC(=O)NCC(O)CO)c(Br)c1. The van der Waals surface area contributed by atoms with Crippen molar-refractivity contribution in [1.29, 1.82) is 0 Å². The van der Waals surface area contributed by atoms with Gasteiger partial charge in [-0.15, -0.1) is 0 Å². The van der Waals surface area contributed by atoms with Crippen LogP contribution in [0.3, 0.4) is 0 Å². The van der Waals surface area contributed by atoms with E-state index in [2.05, 4.69) is 21.2 Å². The number of benzene rings is 1. The van der Waals surface area contributed by atoms with Crippen LogP contribution >= 0.6 is 15.9 Å². The number of aliphatic hydroxyl groups is 2. The summed E-state index contributed by atoms with van der Waals surface area (Å²) in [7, 11) is 0. The zero-order valence-corrected chi connectivity index (χ0v) is 11.6. The predicted octanol–water partition coefficient (Wildman–Crippen LogP) is 1.24. The van der Waals surface area contributed by atoms with Crippen molar-refractivity contribution in [1.82, 2.24) is 5.32 Å². The number of hydrogen-bond donors (Lipinski definition) is 3. The molecular weight excluding hydrogens is 298 g/mol. The molecule has 0 fully saturated rings. The standard InChI is InChI=1S/C13H16BrNO3/c1-9-2-3-10(12(14)6-9)4-5-13(18)15-7-11(17)8-16/h2-6,11,16-17H,7-8H2,1H3,(H,15,18). The molecule has 5 heteroatoms. The third kappa shape index (κ3) is 5.00. The molecule has 0 bridgehead atoms. The Bertz CT molecular complexity index is 446. The number of carbonyl (C=O) groups excluding carboxylic acids is 1. The lowest BCUT2D eigenvalue weighted by atomic mass is 10.1. The molecule has 1 atom stereocenters. The number of nitrogens with one attached hydrogen (secondary N) is 1. The highest BCUT2D eigenvalue weighted by atomic mass is 79.9. The highest BCUT2D eigenvalue weighted by Gasteiger charge is 2.03. The molecule has 1 aromatic rings. The van der Waals surface area contributed by atoms with Crippen LogP contribution in [-0.4, -0.2) is 35.4 Å². The minimum atomic E-state index is -0.923. The van der Waals surface area contributed by atoms with Crippen molar-refractivity contribution in [3.05, 3.63) is 39.9 Å². The smallest absolute Gasteiger partial charge is 0.244 e. The number of aryl methyl sites for hydroxylation is 1. The van der Waals surface area contributed by atoms with Crippen LogP contribution in [0.1, 0.15) is 11.1 Å². The molecule has 0 aliphatic rings. The van der Waals surface area contributed by atoms with Gasteiger partial charge in [0.25, 0.3) is 0 Å². The summed E-state index contributed by atoms with van der Waals surface area (Å²) in [5.74, 6) is -0.310. The Morgan fingerprint density at radius 1 is 1.56 bits per heavy atom. The van der Waals surface area contributed by atoms with Crippen LogP contribution in [0, 0.1) is 6.92 Å². The van der Waals surface area contributed by atoms with Crippen LogP contribution < -0.4 is 5.32 Å². The molecule has 4 nitrogen and oxygen atoms in total. The maximum atomic E-state index is 11.4. The van der Waals surface area contributed by atoms with Crippen LogP contribution in [0.25, 0.3) is 6.08 Å². The van der Waals surface area contributed by atoms with E-state index in [1.807, 2.05) is 25.1 Å². The van der Waals surface area contributed by atoms with Gasteiger partial charge in [-0.1, -0.05) is 28.1 Å². The van der Waals surface area contributed by atoms with Crippen molar-refractivity contribution in [2.75, 3.05) is 13.2 Å². The molecular formula is C13H16BrNO3. The summed E-state index contributed by atoms with van der Waals surface area (Å²) < 4.78 is 0.918. The Balaban J connectivity index is 2.55. The van der Waals surface area contributed by atoms with Gasteiger partial charge in [0.05, 0.1) is 12.7 Å². The highest BCUT2D eigenvalue weighted by molar-refractivity contribution is 9.10. The van der Waals surface area contributed by atoms with Crippen LogP contribution in [0.15, 0.2) is 28.7 Å². The molecule has 98 valence electrons. The summed E-state index contributed by atoms with van der Waals surface area (Å²) in [4.78, 5) is 11.4. The Morgan fingerprint density at radius 2 is 2.28 bits per heavy atom. The summed E-state index contributed by atoms with van der Waals surface area (Å²) in [5.41, 5.74) is 2.04. The fraction of sp³-hybridized carbons (Fsp3) is 0.308. The van der Waals surface area contributed by atoms with Crippen molar-refractivity contribution in [2.24, 2.45) is 0 Å². The summed E-state index contributed by atoms with van der Waals surface area (Å²) in [6.45, 7) is 1.66. The van der Waals surface area contributed by atoms with Crippen LogP contribution in [0.5, 0.6) is 0 Å². The lowest BCUT2D eigenvalue weighted by Gasteiger charge is -2.06. The Kier molecular flexibility index (Phi) is 6.04. The van der Waals surface area contributed by atoms with E-state index in [9.17, 15) is 4.79 Å². The van der Waals surface area contributed by atoms with Gasteiger partial charge in [0.15, 0.2) is 0 Å². The average molecular weight is 314 g/mol. The van der Waals surface area contributed by atoms with Gasteiger partial charge in [-0.05, 0) is 30.2 Å². The molecule has 1 unspecified atom stereocenters. The van der Waals surface area contributed by atoms with E-state index in [-0.39, 0.29) is 19.1 Å². The van der Waals surface area contributed by atoms with E-state index >= 15 is 0 Å². The molecule has 1 amide bonds. The highest BCUT2D eigenvalue weighted by Crippen LogP contribution is 2.19.